The van der Waals surface area contributed by atoms with E-state index in [4.69, 9.17) is 4.74 Å². The van der Waals surface area contributed by atoms with Crippen LogP contribution in [-0.2, 0) is 16.1 Å². The number of amides is 1. The lowest BCUT2D eigenvalue weighted by Crippen LogP contribution is -2.41. The van der Waals surface area contributed by atoms with E-state index in [1.165, 1.54) is 44.1 Å². The molecule has 3 fully saturated rings. The molecular weight excluding hydrogens is 332 g/mol. The van der Waals surface area contributed by atoms with Crippen LogP contribution in [0.4, 0.5) is 0 Å². The van der Waals surface area contributed by atoms with Gasteiger partial charge in [0.2, 0.25) is 5.91 Å². The van der Waals surface area contributed by atoms with Crippen LogP contribution in [0.1, 0.15) is 56.9 Å². The van der Waals surface area contributed by atoms with E-state index in [0.717, 1.165) is 32.5 Å². The Labute approximate surface area is 154 Å². The highest BCUT2D eigenvalue weighted by Crippen LogP contribution is 2.56. The van der Waals surface area contributed by atoms with Gasteiger partial charge in [0.1, 0.15) is 6.61 Å². The van der Waals surface area contributed by atoms with Crippen molar-refractivity contribution in [1.82, 2.24) is 10.2 Å². The largest absolute Gasteiger partial charge is 0.368 e. The fourth-order valence-electron chi connectivity index (χ4n) is 4.68. The molecule has 1 spiro atoms. The molecule has 1 atom stereocenters. The lowest BCUT2D eigenvalue weighted by molar-refractivity contribution is -0.140. The van der Waals surface area contributed by atoms with Gasteiger partial charge >= 0.3 is 0 Å². The van der Waals surface area contributed by atoms with E-state index in [-0.39, 0.29) is 12.5 Å². The van der Waals surface area contributed by atoms with Crippen LogP contribution in [-0.4, -0.2) is 42.6 Å². The molecule has 0 bridgehead atoms. The predicted molar refractivity (Wildman–Crippen MR) is 101 cm³/mol. The molecule has 0 aromatic carbocycles. The highest BCUT2D eigenvalue weighted by Gasteiger charge is 2.57. The summed E-state index contributed by atoms with van der Waals surface area (Å²) in [5.74, 6) is 0.192. The van der Waals surface area contributed by atoms with Crippen LogP contribution in [0.2, 0.25) is 0 Å². The number of carbonyl (C=O) groups is 1. The van der Waals surface area contributed by atoms with E-state index in [0.29, 0.717) is 17.6 Å². The van der Waals surface area contributed by atoms with Crippen LogP contribution in [0.25, 0.3) is 0 Å². The Kier molecular flexibility index (Phi) is 5.44. The average molecular weight is 363 g/mol. The van der Waals surface area contributed by atoms with Gasteiger partial charge in [-0.3, -0.25) is 4.79 Å². The first kappa shape index (κ1) is 17.5. The Bertz CT molecular complexity index is 562. The van der Waals surface area contributed by atoms with Crippen molar-refractivity contribution in [2.75, 3.05) is 19.7 Å². The molecule has 0 unspecified atom stereocenters. The van der Waals surface area contributed by atoms with Crippen molar-refractivity contribution in [2.24, 2.45) is 5.41 Å². The van der Waals surface area contributed by atoms with Gasteiger partial charge in [0.15, 0.2) is 0 Å². The minimum Gasteiger partial charge on any atom is -0.368 e. The summed E-state index contributed by atoms with van der Waals surface area (Å²) in [7, 11) is 0. The third kappa shape index (κ3) is 4.09. The Morgan fingerprint density at radius 2 is 2.08 bits per heavy atom. The molecule has 2 saturated carbocycles. The minimum absolute atomic E-state index is 0.192. The molecule has 2 aliphatic carbocycles. The maximum absolute atomic E-state index is 13.0. The highest BCUT2D eigenvalue weighted by molar-refractivity contribution is 7.07. The molecule has 5 heteroatoms. The third-order valence-corrected chi connectivity index (χ3v) is 7.10. The maximum Gasteiger partial charge on any atom is 0.249 e. The van der Waals surface area contributed by atoms with Crippen LogP contribution < -0.4 is 5.32 Å². The summed E-state index contributed by atoms with van der Waals surface area (Å²) in [6.45, 7) is 3.20. The van der Waals surface area contributed by atoms with Crippen molar-refractivity contribution < 1.29 is 9.53 Å². The third-order valence-electron chi connectivity index (χ3n) is 6.37. The zero-order chi connectivity index (χ0) is 17.1. The zero-order valence-electron chi connectivity index (χ0n) is 15.0. The van der Waals surface area contributed by atoms with Crippen LogP contribution in [0.3, 0.4) is 0 Å². The van der Waals surface area contributed by atoms with Crippen molar-refractivity contribution in [3.8, 4) is 0 Å². The molecule has 1 saturated heterocycles. The van der Waals surface area contributed by atoms with Gasteiger partial charge in [-0.25, -0.2) is 0 Å². The van der Waals surface area contributed by atoms with Gasteiger partial charge in [-0.2, -0.15) is 11.3 Å². The summed E-state index contributed by atoms with van der Waals surface area (Å²) in [5.41, 5.74) is 1.63. The van der Waals surface area contributed by atoms with Crippen molar-refractivity contribution in [3.05, 3.63) is 22.4 Å². The molecule has 1 aromatic heterocycles. The molecule has 25 heavy (non-hydrogen) atoms. The monoisotopic (exact) mass is 362 g/mol. The SMILES string of the molecule is O=C(COC1CCCCC1)N(Cc1ccsc1)[C@@H]1CC12CCNCC2. The second-order valence-electron chi connectivity index (χ2n) is 8.06. The number of thiophene rings is 1. The molecule has 1 aromatic rings. The number of carbonyl (C=O) groups excluding carboxylic acids is 1. The molecule has 2 heterocycles. The predicted octanol–water partition coefficient (Wildman–Crippen LogP) is 3.57. The molecule has 1 N–H and O–H groups in total. The van der Waals surface area contributed by atoms with Crippen LogP contribution in [0.15, 0.2) is 16.8 Å². The summed E-state index contributed by atoms with van der Waals surface area (Å²) < 4.78 is 6.00. The summed E-state index contributed by atoms with van der Waals surface area (Å²) in [6.07, 6.45) is 9.93. The van der Waals surface area contributed by atoms with E-state index in [1.807, 2.05) is 0 Å². The second kappa shape index (κ2) is 7.77. The van der Waals surface area contributed by atoms with E-state index in [1.54, 1.807) is 11.3 Å². The molecule has 1 aliphatic heterocycles. The summed E-state index contributed by atoms with van der Waals surface area (Å²) in [5, 5.41) is 7.72. The molecule has 0 radical (unpaired) electrons. The van der Waals surface area contributed by atoms with Gasteiger partial charge in [-0.05, 0) is 73.0 Å². The fraction of sp³-hybridized carbons (Fsp3) is 0.750. The first-order valence-electron chi connectivity index (χ1n) is 9.90. The number of piperidine rings is 1. The standard InChI is InChI=1S/C20H30N2O2S/c23-19(14-24-17-4-2-1-3-5-17)22(13-16-6-11-25-15-16)18-12-20(18)7-9-21-10-8-20/h6,11,15,17-18,21H,1-5,7-10,12-14H2/t18-/m1/s1. The van der Waals surface area contributed by atoms with E-state index < -0.39 is 0 Å². The van der Waals surface area contributed by atoms with Gasteiger partial charge < -0.3 is 15.0 Å². The summed E-state index contributed by atoms with van der Waals surface area (Å²) in [6, 6.07) is 2.56. The minimum atomic E-state index is 0.192. The Hall–Kier alpha value is -0.910. The van der Waals surface area contributed by atoms with Gasteiger partial charge in [-0.1, -0.05) is 19.3 Å². The normalized spacial score (nSPS) is 25.8. The van der Waals surface area contributed by atoms with Crippen molar-refractivity contribution in [3.63, 3.8) is 0 Å². The number of hydrogen-bond acceptors (Lipinski definition) is 4. The summed E-state index contributed by atoms with van der Waals surface area (Å²) in [4.78, 5) is 15.1. The molecule has 3 aliphatic rings. The smallest absolute Gasteiger partial charge is 0.249 e. The zero-order valence-corrected chi connectivity index (χ0v) is 15.9. The molecule has 4 nitrogen and oxygen atoms in total. The van der Waals surface area contributed by atoms with Crippen LogP contribution in [0.5, 0.6) is 0 Å². The van der Waals surface area contributed by atoms with Gasteiger partial charge in [0, 0.05) is 12.6 Å². The Morgan fingerprint density at radius 1 is 1.28 bits per heavy atom. The lowest BCUT2D eigenvalue weighted by atomic mass is 9.93. The molecule has 138 valence electrons. The lowest BCUT2D eigenvalue weighted by Gasteiger charge is -2.30. The molecular formula is C20H30N2O2S. The van der Waals surface area contributed by atoms with E-state index >= 15 is 0 Å². The van der Waals surface area contributed by atoms with Crippen molar-refractivity contribution >= 4 is 17.2 Å². The first-order valence-corrected chi connectivity index (χ1v) is 10.8. The maximum atomic E-state index is 13.0. The van der Waals surface area contributed by atoms with E-state index in [2.05, 4.69) is 27.0 Å². The quantitative estimate of drug-likeness (QED) is 0.841. The van der Waals surface area contributed by atoms with E-state index in [9.17, 15) is 4.79 Å². The Balaban J connectivity index is 1.39. The van der Waals surface area contributed by atoms with Crippen LogP contribution >= 0.6 is 11.3 Å². The number of nitrogens with one attached hydrogen (secondary N) is 1. The number of rotatable bonds is 6. The highest BCUT2D eigenvalue weighted by atomic mass is 32.1. The summed E-state index contributed by atoms with van der Waals surface area (Å²) >= 11 is 1.71. The van der Waals surface area contributed by atoms with Crippen molar-refractivity contribution in [1.29, 1.82) is 0 Å². The fourth-order valence-corrected chi connectivity index (χ4v) is 5.34. The number of hydrogen-bond donors (Lipinski definition) is 1. The second-order valence-corrected chi connectivity index (χ2v) is 8.84. The van der Waals surface area contributed by atoms with Gasteiger partial charge in [0.05, 0.1) is 6.10 Å². The Morgan fingerprint density at radius 3 is 2.80 bits per heavy atom. The topological polar surface area (TPSA) is 41.6 Å². The molecule has 1 amide bonds. The van der Waals surface area contributed by atoms with Crippen LogP contribution in [0, 0.1) is 5.41 Å². The average Bonchev–Trinajstić information content (AvgIpc) is 3.08. The first-order chi connectivity index (χ1) is 12.3. The van der Waals surface area contributed by atoms with Gasteiger partial charge in [-0.15, -0.1) is 0 Å². The number of nitrogens with zero attached hydrogens (tertiary/aromatic N) is 1. The van der Waals surface area contributed by atoms with Gasteiger partial charge in [0.25, 0.3) is 0 Å². The molecule has 4 rings (SSSR count). The van der Waals surface area contributed by atoms with Crippen molar-refractivity contribution in [2.45, 2.75) is 70.1 Å². The number of ether oxygens (including phenoxy) is 1.